The number of benzene rings is 1. The van der Waals surface area contributed by atoms with Gasteiger partial charge in [0.25, 0.3) is 0 Å². The van der Waals surface area contributed by atoms with Gasteiger partial charge in [-0.25, -0.2) is 0 Å². The van der Waals surface area contributed by atoms with Crippen LogP contribution in [0.25, 0.3) is 0 Å². The van der Waals surface area contributed by atoms with Crippen LogP contribution in [0.1, 0.15) is 25.3 Å². The molecule has 6 nitrogen and oxygen atoms in total. The third-order valence-corrected chi connectivity index (χ3v) is 7.64. The second-order valence-corrected chi connectivity index (χ2v) is 8.12. The standard InChI is InChI=1S/C21H26N2O4/c1-3-13-11-22-17-10-15(13)19(12-24,18(25)26-2)20-8-9-27-21(17,20)23-16-7-5-4-6-14(16)20/h3-7,15,17,22-24H,8-12H2,1-2H3/b13-3-/t15-,17-,19-,20-,21-/m1/s1. The Labute approximate surface area is 158 Å². The summed E-state index contributed by atoms with van der Waals surface area (Å²) in [6.45, 7) is 2.96. The molecule has 144 valence electrons. The number of fused-ring (bicyclic) bond motifs is 3. The molecule has 6 heteroatoms. The Morgan fingerprint density at radius 3 is 3.00 bits per heavy atom. The van der Waals surface area contributed by atoms with Crippen molar-refractivity contribution in [3.63, 3.8) is 0 Å². The number of hydrogen-bond acceptors (Lipinski definition) is 6. The van der Waals surface area contributed by atoms with Crippen LogP contribution in [0.3, 0.4) is 0 Å². The molecule has 2 bridgehead atoms. The number of ether oxygens (including phenoxy) is 2. The maximum atomic E-state index is 13.5. The molecule has 0 radical (unpaired) electrons. The van der Waals surface area contributed by atoms with E-state index in [0.29, 0.717) is 19.6 Å². The van der Waals surface area contributed by atoms with E-state index in [1.807, 2.05) is 25.1 Å². The number of carbonyl (C=O) groups is 1. The second kappa shape index (κ2) is 5.56. The van der Waals surface area contributed by atoms with E-state index in [2.05, 4.69) is 22.8 Å². The van der Waals surface area contributed by atoms with Crippen LogP contribution in [0.2, 0.25) is 0 Å². The van der Waals surface area contributed by atoms with Crippen molar-refractivity contribution in [2.45, 2.75) is 36.9 Å². The average molecular weight is 370 g/mol. The summed E-state index contributed by atoms with van der Waals surface area (Å²) in [4.78, 5) is 13.5. The fraction of sp³-hybridized carbons (Fsp3) is 0.571. The summed E-state index contributed by atoms with van der Waals surface area (Å²) in [6, 6.07) is 8.14. The lowest BCUT2D eigenvalue weighted by Gasteiger charge is -2.62. The Balaban J connectivity index is 1.87. The number of hydrogen-bond donors (Lipinski definition) is 3. The lowest BCUT2D eigenvalue weighted by molar-refractivity contribution is -0.192. The molecule has 2 saturated heterocycles. The number of carbonyl (C=O) groups excluding carboxylic acids is 1. The average Bonchev–Trinajstić information content (AvgIpc) is 3.22. The number of para-hydroxylation sites is 1. The van der Waals surface area contributed by atoms with Gasteiger partial charge in [0, 0.05) is 18.2 Å². The highest BCUT2D eigenvalue weighted by Gasteiger charge is 2.81. The van der Waals surface area contributed by atoms with Gasteiger partial charge in [0.2, 0.25) is 0 Å². The van der Waals surface area contributed by atoms with E-state index < -0.39 is 16.6 Å². The largest absolute Gasteiger partial charge is 0.468 e. The minimum absolute atomic E-state index is 0.0467. The number of nitrogens with one attached hydrogen (secondary N) is 2. The van der Waals surface area contributed by atoms with Gasteiger partial charge in [-0.15, -0.1) is 0 Å². The van der Waals surface area contributed by atoms with Gasteiger partial charge >= 0.3 is 5.97 Å². The predicted octanol–water partition coefficient (Wildman–Crippen LogP) is 1.56. The van der Waals surface area contributed by atoms with Gasteiger partial charge in [0.15, 0.2) is 5.72 Å². The molecule has 0 amide bonds. The Bertz CT molecular complexity index is 839. The molecule has 3 heterocycles. The predicted molar refractivity (Wildman–Crippen MR) is 100 cm³/mol. The van der Waals surface area contributed by atoms with Gasteiger partial charge in [-0.05, 0) is 31.4 Å². The summed E-state index contributed by atoms with van der Waals surface area (Å²) >= 11 is 0. The summed E-state index contributed by atoms with van der Waals surface area (Å²) in [5.41, 5.74) is 0.658. The molecule has 3 N–H and O–H groups in total. The van der Waals surface area contributed by atoms with E-state index in [9.17, 15) is 9.90 Å². The topological polar surface area (TPSA) is 79.8 Å². The minimum Gasteiger partial charge on any atom is -0.468 e. The van der Waals surface area contributed by atoms with Crippen molar-refractivity contribution < 1.29 is 19.4 Å². The normalized spacial score (nSPS) is 42.9. The maximum Gasteiger partial charge on any atom is 0.315 e. The first kappa shape index (κ1) is 17.2. The molecular formula is C21H26N2O4. The maximum absolute atomic E-state index is 13.5. The molecule has 4 aliphatic rings. The van der Waals surface area contributed by atoms with Crippen molar-refractivity contribution in [1.82, 2.24) is 5.32 Å². The highest BCUT2D eigenvalue weighted by atomic mass is 16.5. The van der Waals surface area contributed by atoms with Gasteiger partial charge in [0.05, 0.1) is 31.8 Å². The zero-order valence-electron chi connectivity index (χ0n) is 15.7. The van der Waals surface area contributed by atoms with E-state index in [1.165, 1.54) is 7.11 Å². The molecule has 0 unspecified atom stereocenters. The van der Waals surface area contributed by atoms with Crippen LogP contribution >= 0.6 is 0 Å². The van der Waals surface area contributed by atoms with E-state index in [4.69, 9.17) is 9.47 Å². The summed E-state index contributed by atoms with van der Waals surface area (Å²) < 4.78 is 11.8. The van der Waals surface area contributed by atoms with Crippen molar-refractivity contribution in [1.29, 1.82) is 0 Å². The van der Waals surface area contributed by atoms with Gasteiger partial charge < -0.3 is 25.2 Å². The molecule has 3 fully saturated rings. The first-order valence-electron chi connectivity index (χ1n) is 9.70. The Morgan fingerprint density at radius 2 is 2.26 bits per heavy atom. The van der Waals surface area contributed by atoms with Crippen LogP contribution in [0.15, 0.2) is 35.9 Å². The van der Waals surface area contributed by atoms with Crippen LogP contribution < -0.4 is 10.6 Å². The number of aliphatic hydroxyl groups is 1. The summed E-state index contributed by atoms with van der Waals surface area (Å²) in [6.07, 6.45) is 3.46. The minimum atomic E-state index is -1.09. The zero-order valence-corrected chi connectivity index (χ0v) is 15.7. The first-order valence-corrected chi connectivity index (χ1v) is 9.70. The third kappa shape index (κ3) is 1.67. The molecule has 1 saturated carbocycles. The Morgan fingerprint density at radius 1 is 1.44 bits per heavy atom. The van der Waals surface area contributed by atoms with Gasteiger partial charge in [-0.1, -0.05) is 29.8 Å². The van der Waals surface area contributed by atoms with Crippen molar-refractivity contribution >= 4 is 11.7 Å². The van der Waals surface area contributed by atoms with Gasteiger partial charge in [-0.3, -0.25) is 4.79 Å². The summed E-state index contributed by atoms with van der Waals surface area (Å²) in [5, 5.41) is 18.1. The third-order valence-electron chi connectivity index (χ3n) is 7.64. The molecule has 5 rings (SSSR count). The molecule has 27 heavy (non-hydrogen) atoms. The fourth-order valence-corrected chi connectivity index (χ4v) is 6.67. The number of allylic oxidation sites excluding steroid dienone is 1. The monoisotopic (exact) mass is 370 g/mol. The van der Waals surface area contributed by atoms with Crippen LogP contribution in [0.5, 0.6) is 0 Å². The van der Waals surface area contributed by atoms with Crippen LogP contribution in [0.4, 0.5) is 5.69 Å². The molecule has 0 aromatic heterocycles. The van der Waals surface area contributed by atoms with Gasteiger partial charge in [0.1, 0.15) is 5.41 Å². The molecule has 3 aliphatic heterocycles. The van der Waals surface area contributed by atoms with E-state index >= 15 is 0 Å². The molecular weight excluding hydrogens is 344 g/mol. The van der Waals surface area contributed by atoms with E-state index in [-0.39, 0.29) is 24.5 Å². The fourth-order valence-electron chi connectivity index (χ4n) is 6.67. The number of esters is 1. The number of methoxy groups -OCH3 is 1. The lowest BCUT2D eigenvalue weighted by atomic mass is 9.44. The SMILES string of the molecule is C/C=C1/CN[C@@H]2C[C@H]1[C@](CO)(C(=O)OC)[C@]13CCO[C@]21Nc1ccccc13. The van der Waals surface area contributed by atoms with E-state index in [0.717, 1.165) is 23.2 Å². The molecule has 1 aromatic carbocycles. The van der Waals surface area contributed by atoms with Crippen molar-refractivity contribution in [3.8, 4) is 0 Å². The summed E-state index contributed by atoms with van der Waals surface area (Å²) in [7, 11) is 1.42. The molecule has 1 aromatic rings. The van der Waals surface area contributed by atoms with Crippen molar-refractivity contribution in [2.75, 3.05) is 32.2 Å². The molecule has 0 spiro atoms. The second-order valence-electron chi connectivity index (χ2n) is 8.12. The number of anilines is 1. The number of piperidine rings is 1. The van der Waals surface area contributed by atoms with Crippen LogP contribution in [0, 0.1) is 11.3 Å². The van der Waals surface area contributed by atoms with E-state index in [1.54, 1.807) is 0 Å². The highest BCUT2D eigenvalue weighted by molar-refractivity contribution is 5.85. The summed E-state index contributed by atoms with van der Waals surface area (Å²) in [5.74, 6) is -0.433. The molecule has 1 aliphatic carbocycles. The zero-order chi connectivity index (χ0) is 18.9. The quantitative estimate of drug-likeness (QED) is 0.542. The lowest BCUT2D eigenvalue weighted by Crippen LogP contribution is -2.78. The van der Waals surface area contributed by atoms with Crippen molar-refractivity contribution in [2.24, 2.45) is 11.3 Å². The Hall–Kier alpha value is -1.89. The number of rotatable bonds is 2. The highest BCUT2D eigenvalue weighted by Crippen LogP contribution is 2.70. The van der Waals surface area contributed by atoms with Crippen LogP contribution in [-0.4, -0.2) is 49.7 Å². The van der Waals surface area contributed by atoms with Crippen molar-refractivity contribution in [3.05, 3.63) is 41.5 Å². The number of aliphatic hydroxyl groups excluding tert-OH is 1. The molecule has 5 atom stereocenters. The first-order chi connectivity index (χ1) is 13.1. The van der Waals surface area contributed by atoms with Gasteiger partial charge in [-0.2, -0.15) is 0 Å². The Kier molecular flexibility index (Phi) is 3.55. The van der Waals surface area contributed by atoms with Crippen LogP contribution in [-0.2, 0) is 19.7 Å². The smallest absolute Gasteiger partial charge is 0.315 e.